The van der Waals surface area contributed by atoms with Crippen LogP contribution in [0.3, 0.4) is 0 Å². The number of ketones is 1. The van der Waals surface area contributed by atoms with Gasteiger partial charge in [0, 0.05) is 34.3 Å². The van der Waals surface area contributed by atoms with E-state index in [2.05, 4.69) is 36.8 Å². The molecule has 1 saturated carbocycles. The monoisotopic (exact) mass is 466 g/mol. The van der Waals surface area contributed by atoms with E-state index in [-0.39, 0.29) is 11.0 Å². The Bertz CT molecular complexity index is 1220. The van der Waals surface area contributed by atoms with Crippen molar-refractivity contribution in [2.75, 3.05) is 0 Å². The lowest BCUT2D eigenvalue weighted by molar-refractivity contribution is 0.0993. The van der Waals surface area contributed by atoms with Crippen LogP contribution in [0.4, 0.5) is 0 Å². The molecule has 5 rings (SSSR count). The van der Waals surface area contributed by atoms with Crippen LogP contribution in [-0.4, -0.2) is 30.4 Å². The van der Waals surface area contributed by atoms with Crippen LogP contribution in [0.5, 0.6) is 0 Å². The van der Waals surface area contributed by atoms with Gasteiger partial charge < -0.3 is 13.6 Å². The highest BCUT2D eigenvalue weighted by Crippen LogP contribution is 2.40. The lowest BCUT2D eigenvalue weighted by atomic mass is 10.1. The van der Waals surface area contributed by atoms with E-state index in [1.165, 1.54) is 16.6 Å². The molecule has 4 heterocycles. The van der Waals surface area contributed by atoms with Crippen molar-refractivity contribution in [2.24, 2.45) is 0 Å². The topological polar surface area (TPSA) is 65.8 Å². The van der Waals surface area contributed by atoms with Crippen LogP contribution in [0, 0.1) is 13.8 Å². The Balaban J connectivity index is 1.35. The molecule has 0 spiro atoms. The summed E-state index contributed by atoms with van der Waals surface area (Å²) in [6.45, 7) is 6.63. The third-order valence-electron chi connectivity index (χ3n) is 5.94. The number of rotatable bonds is 9. The highest BCUT2D eigenvalue weighted by atomic mass is 32.2. The van der Waals surface area contributed by atoms with E-state index in [0.29, 0.717) is 12.6 Å². The number of furan rings is 1. The van der Waals surface area contributed by atoms with Crippen molar-refractivity contribution in [3.63, 3.8) is 0 Å². The predicted molar refractivity (Wildman–Crippen MR) is 127 cm³/mol. The summed E-state index contributed by atoms with van der Waals surface area (Å²) in [5, 5.41) is 11.7. The number of thioether (sulfide) groups is 1. The molecule has 0 amide bonds. The number of nitrogens with zero attached hydrogens (tertiary/aromatic N) is 4. The van der Waals surface area contributed by atoms with Gasteiger partial charge in [-0.15, -0.1) is 21.5 Å². The molecule has 4 aromatic heterocycles. The molecule has 4 aromatic rings. The van der Waals surface area contributed by atoms with Crippen LogP contribution in [0.25, 0.3) is 0 Å². The fourth-order valence-electron chi connectivity index (χ4n) is 4.06. The molecule has 0 bridgehead atoms. The molecule has 1 aliphatic carbocycles. The second kappa shape index (κ2) is 8.75. The van der Waals surface area contributed by atoms with Gasteiger partial charge >= 0.3 is 0 Å². The molecule has 1 aliphatic rings. The van der Waals surface area contributed by atoms with E-state index in [1.54, 1.807) is 17.6 Å². The second-order valence-corrected chi connectivity index (χ2v) is 10.7. The molecule has 0 radical (unpaired) electrons. The minimum atomic E-state index is -0.246. The summed E-state index contributed by atoms with van der Waals surface area (Å²) in [6, 6.07) is 10.5. The number of carbonyl (C=O) groups is 1. The Labute approximate surface area is 195 Å². The lowest BCUT2D eigenvalue weighted by Crippen LogP contribution is -2.16. The van der Waals surface area contributed by atoms with Crippen LogP contribution >= 0.6 is 23.1 Å². The molecular weight excluding hydrogens is 440 g/mol. The Hall–Kier alpha value is -2.58. The van der Waals surface area contributed by atoms with E-state index in [9.17, 15) is 4.79 Å². The minimum Gasteiger partial charge on any atom is -0.467 e. The third-order valence-corrected chi connectivity index (χ3v) is 7.88. The molecular formula is C24H26N4O2S2. The number of aryl methyl sites for hydroxylation is 1. The van der Waals surface area contributed by atoms with Gasteiger partial charge in [0.05, 0.1) is 18.1 Å². The maximum atomic E-state index is 13.4. The van der Waals surface area contributed by atoms with Crippen LogP contribution in [0.1, 0.15) is 64.0 Å². The van der Waals surface area contributed by atoms with Crippen molar-refractivity contribution < 1.29 is 9.21 Å². The maximum Gasteiger partial charge on any atom is 0.192 e. The summed E-state index contributed by atoms with van der Waals surface area (Å²) in [4.78, 5) is 14.7. The molecule has 0 aliphatic heterocycles. The lowest BCUT2D eigenvalue weighted by Gasteiger charge is -2.13. The molecule has 1 unspecified atom stereocenters. The van der Waals surface area contributed by atoms with Crippen molar-refractivity contribution >= 4 is 28.9 Å². The smallest absolute Gasteiger partial charge is 0.192 e. The zero-order valence-corrected chi connectivity index (χ0v) is 20.1. The Morgan fingerprint density at radius 3 is 2.81 bits per heavy atom. The quantitative estimate of drug-likeness (QED) is 0.234. The van der Waals surface area contributed by atoms with Gasteiger partial charge in [-0.05, 0) is 63.3 Å². The molecule has 0 aromatic carbocycles. The number of hydrogen-bond acceptors (Lipinski definition) is 6. The predicted octanol–water partition coefficient (Wildman–Crippen LogP) is 5.69. The summed E-state index contributed by atoms with van der Waals surface area (Å²) >= 11 is 3.26. The Kier molecular flexibility index (Phi) is 5.82. The minimum absolute atomic E-state index is 0.124. The van der Waals surface area contributed by atoms with Gasteiger partial charge in [0.15, 0.2) is 10.9 Å². The first-order chi connectivity index (χ1) is 15.5. The van der Waals surface area contributed by atoms with Gasteiger partial charge in [-0.3, -0.25) is 4.79 Å². The van der Waals surface area contributed by atoms with E-state index in [0.717, 1.165) is 53.0 Å². The van der Waals surface area contributed by atoms with Crippen molar-refractivity contribution in [1.82, 2.24) is 19.3 Å². The van der Waals surface area contributed by atoms with Crippen molar-refractivity contribution in [3.05, 3.63) is 75.4 Å². The van der Waals surface area contributed by atoms with Crippen LogP contribution in [0.15, 0.2) is 51.5 Å². The highest BCUT2D eigenvalue weighted by Gasteiger charge is 2.32. The van der Waals surface area contributed by atoms with Crippen LogP contribution in [-0.2, 0) is 13.0 Å². The van der Waals surface area contributed by atoms with Crippen molar-refractivity contribution in [3.8, 4) is 0 Å². The molecule has 0 N–H and O–H groups in total. The number of carbonyl (C=O) groups excluding carboxylic acids is 1. The molecule has 166 valence electrons. The number of aromatic nitrogens is 4. The first-order valence-corrected chi connectivity index (χ1v) is 12.6. The molecule has 32 heavy (non-hydrogen) atoms. The number of hydrogen-bond donors (Lipinski definition) is 0. The summed E-state index contributed by atoms with van der Waals surface area (Å²) < 4.78 is 9.89. The van der Waals surface area contributed by atoms with Crippen LogP contribution < -0.4 is 0 Å². The fourth-order valence-corrected chi connectivity index (χ4v) is 5.77. The zero-order chi connectivity index (χ0) is 22.2. The van der Waals surface area contributed by atoms with Gasteiger partial charge in [0.2, 0.25) is 0 Å². The third kappa shape index (κ3) is 4.21. The van der Waals surface area contributed by atoms with Crippen LogP contribution in [0.2, 0.25) is 0 Å². The van der Waals surface area contributed by atoms with Gasteiger partial charge in [0.25, 0.3) is 0 Å². The van der Waals surface area contributed by atoms with Gasteiger partial charge in [-0.1, -0.05) is 17.8 Å². The standard InChI is InChI=1S/C24H26N4O2S2/c1-15-12-21(16(2)27(15)14-19-6-4-10-30-19)23(29)17(3)32-24-26-25-22(28(24)18-8-9-18)13-20-7-5-11-31-20/h4-7,10-12,17-18H,8-9,13-14H2,1-3H3. The molecule has 1 fully saturated rings. The fraction of sp³-hybridized carbons (Fsp3) is 0.375. The van der Waals surface area contributed by atoms with Crippen molar-refractivity contribution in [1.29, 1.82) is 0 Å². The Morgan fingerprint density at radius 2 is 2.12 bits per heavy atom. The summed E-state index contributed by atoms with van der Waals surface area (Å²) in [5.41, 5.74) is 2.79. The average molecular weight is 467 g/mol. The molecule has 8 heteroatoms. The first kappa shape index (κ1) is 21.3. The zero-order valence-electron chi connectivity index (χ0n) is 18.4. The van der Waals surface area contributed by atoms with E-state index in [1.807, 2.05) is 39.0 Å². The Morgan fingerprint density at radius 1 is 1.28 bits per heavy atom. The summed E-state index contributed by atoms with van der Waals surface area (Å²) in [6.07, 6.45) is 4.77. The van der Waals surface area contributed by atoms with Gasteiger partial charge in [-0.2, -0.15) is 0 Å². The number of Topliss-reactive ketones (excluding diaryl/α,β-unsaturated/α-hetero) is 1. The van der Waals surface area contributed by atoms with Crippen molar-refractivity contribution in [2.45, 2.75) is 63.0 Å². The first-order valence-electron chi connectivity index (χ1n) is 10.9. The largest absolute Gasteiger partial charge is 0.467 e. The molecule has 0 saturated heterocycles. The van der Waals surface area contributed by atoms with Gasteiger partial charge in [0.1, 0.15) is 11.6 Å². The SMILES string of the molecule is Cc1cc(C(=O)C(C)Sc2nnc(Cc3cccs3)n2C2CC2)c(C)n1Cc1ccco1. The summed E-state index contributed by atoms with van der Waals surface area (Å²) in [5.74, 6) is 2.00. The summed E-state index contributed by atoms with van der Waals surface area (Å²) in [7, 11) is 0. The van der Waals surface area contributed by atoms with E-state index in [4.69, 9.17) is 4.42 Å². The van der Waals surface area contributed by atoms with Gasteiger partial charge in [-0.25, -0.2) is 0 Å². The normalized spacial score (nSPS) is 14.7. The van der Waals surface area contributed by atoms with E-state index < -0.39 is 0 Å². The average Bonchev–Trinajstić information content (AvgIpc) is 3.17. The van der Waals surface area contributed by atoms with E-state index >= 15 is 0 Å². The molecule has 1 atom stereocenters. The number of thiophene rings is 1. The molecule has 6 nitrogen and oxygen atoms in total. The maximum absolute atomic E-state index is 13.4. The highest BCUT2D eigenvalue weighted by molar-refractivity contribution is 8.00. The second-order valence-electron chi connectivity index (χ2n) is 8.33.